The summed E-state index contributed by atoms with van der Waals surface area (Å²) >= 11 is 0. The lowest BCUT2D eigenvalue weighted by atomic mass is 9.89. The second-order valence-corrected chi connectivity index (χ2v) is 6.37. The number of hydrogen-bond donors (Lipinski definition) is 1. The maximum absolute atomic E-state index is 12.5. The van der Waals surface area contributed by atoms with Gasteiger partial charge in [0.15, 0.2) is 0 Å². The molecule has 2 rings (SSSR count). The fraction of sp³-hybridized carbons (Fsp3) is 0.526. The lowest BCUT2D eigenvalue weighted by molar-refractivity contribution is -0.139. The monoisotopic (exact) mass is 330 g/mol. The zero-order chi connectivity index (χ0) is 17.7. The number of rotatable bonds is 7. The van der Waals surface area contributed by atoms with E-state index in [0.29, 0.717) is 18.4 Å². The molecular formula is C19H26N2O3. The van der Waals surface area contributed by atoms with Crippen LogP contribution in [-0.4, -0.2) is 28.2 Å². The highest BCUT2D eigenvalue weighted by Gasteiger charge is 2.29. The maximum Gasteiger partial charge on any atom is 0.251 e. The molecule has 1 N–H and O–H groups in total. The number of nitrogens with zero attached hydrogens (tertiary/aromatic N) is 1. The lowest BCUT2D eigenvalue weighted by Gasteiger charge is -2.31. The minimum Gasteiger partial charge on any atom is -0.347 e. The Labute approximate surface area is 143 Å². The van der Waals surface area contributed by atoms with Crippen molar-refractivity contribution in [2.45, 2.75) is 65.0 Å². The van der Waals surface area contributed by atoms with E-state index in [1.165, 1.54) is 4.90 Å². The molecule has 5 nitrogen and oxygen atoms in total. The molecule has 130 valence electrons. The second kappa shape index (κ2) is 7.60. The van der Waals surface area contributed by atoms with Crippen molar-refractivity contribution in [1.82, 2.24) is 10.2 Å². The molecule has 0 aromatic heterocycles. The minimum atomic E-state index is -0.163. The van der Waals surface area contributed by atoms with Crippen molar-refractivity contribution < 1.29 is 14.4 Å². The van der Waals surface area contributed by atoms with Crippen LogP contribution in [0.15, 0.2) is 24.3 Å². The van der Waals surface area contributed by atoms with Crippen molar-refractivity contribution in [2.24, 2.45) is 0 Å². The highest BCUT2D eigenvalue weighted by molar-refractivity contribution is 6.01. The normalized spacial score (nSPS) is 15.0. The van der Waals surface area contributed by atoms with Gasteiger partial charge in [-0.05, 0) is 37.0 Å². The summed E-state index contributed by atoms with van der Waals surface area (Å²) in [5.41, 5.74) is 1.28. The number of hydrogen-bond acceptors (Lipinski definition) is 3. The third kappa shape index (κ3) is 3.83. The fourth-order valence-electron chi connectivity index (χ4n) is 3.07. The SMILES string of the molecule is CCC(CC)(CC)NC(=O)c1ccc(CN2C(=O)CCC2=O)cc1. The molecule has 0 bridgehead atoms. The smallest absolute Gasteiger partial charge is 0.251 e. The Morgan fingerprint density at radius 2 is 1.50 bits per heavy atom. The Morgan fingerprint density at radius 3 is 1.96 bits per heavy atom. The van der Waals surface area contributed by atoms with Crippen LogP contribution in [0, 0.1) is 0 Å². The molecule has 5 heteroatoms. The average molecular weight is 330 g/mol. The summed E-state index contributed by atoms with van der Waals surface area (Å²) in [5, 5.41) is 3.14. The Kier molecular flexibility index (Phi) is 5.75. The molecule has 1 saturated heterocycles. The Hall–Kier alpha value is -2.17. The predicted molar refractivity (Wildman–Crippen MR) is 92.3 cm³/mol. The topological polar surface area (TPSA) is 66.5 Å². The van der Waals surface area contributed by atoms with Gasteiger partial charge in [-0.2, -0.15) is 0 Å². The van der Waals surface area contributed by atoms with E-state index >= 15 is 0 Å². The quantitative estimate of drug-likeness (QED) is 0.782. The molecule has 0 unspecified atom stereocenters. The highest BCUT2D eigenvalue weighted by Crippen LogP contribution is 2.21. The lowest BCUT2D eigenvalue weighted by Crippen LogP contribution is -2.47. The molecule has 0 radical (unpaired) electrons. The molecule has 1 aliphatic rings. The molecule has 0 atom stereocenters. The molecule has 1 aromatic rings. The Bertz CT molecular complexity index is 594. The molecular weight excluding hydrogens is 304 g/mol. The average Bonchev–Trinajstić information content (AvgIpc) is 2.92. The van der Waals surface area contributed by atoms with Crippen molar-refractivity contribution in [3.05, 3.63) is 35.4 Å². The number of likely N-dealkylation sites (tertiary alicyclic amines) is 1. The van der Waals surface area contributed by atoms with Crippen LogP contribution in [0.1, 0.15) is 68.8 Å². The fourth-order valence-corrected chi connectivity index (χ4v) is 3.07. The van der Waals surface area contributed by atoms with E-state index in [9.17, 15) is 14.4 Å². The summed E-state index contributed by atoms with van der Waals surface area (Å²) in [5.74, 6) is -0.332. The first-order valence-corrected chi connectivity index (χ1v) is 8.69. The van der Waals surface area contributed by atoms with Crippen LogP contribution >= 0.6 is 0 Å². The van der Waals surface area contributed by atoms with Gasteiger partial charge in [0.2, 0.25) is 11.8 Å². The number of nitrogens with one attached hydrogen (secondary N) is 1. The second-order valence-electron chi connectivity index (χ2n) is 6.37. The van der Waals surface area contributed by atoms with Crippen LogP contribution in [-0.2, 0) is 16.1 Å². The summed E-state index contributed by atoms with van der Waals surface area (Å²) in [6.45, 7) is 6.53. The van der Waals surface area contributed by atoms with Gasteiger partial charge in [0, 0.05) is 23.9 Å². The van der Waals surface area contributed by atoms with Gasteiger partial charge in [0.25, 0.3) is 5.91 Å². The van der Waals surface area contributed by atoms with E-state index in [0.717, 1.165) is 24.8 Å². The van der Waals surface area contributed by atoms with Gasteiger partial charge in [0.1, 0.15) is 0 Å². The zero-order valence-electron chi connectivity index (χ0n) is 14.7. The van der Waals surface area contributed by atoms with Crippen molar-refractivity contribution in [3.8, 4) is 0 Å². The summed E-state index contributed by atoms with van der Waals surface area (Å²) in [6, 6.07) is 7.11. The van der Waals surface area contributed by atoms with Gasteiger partial charge in [-0.25, -0.2) is 0 Å². The molecule has 24 heavy (non-hydrogen) atoms. The number of carbonyl (C=O) groups is 3. The van der Waals surface area contributed by atoms with Gasteiger partial charge in [-0.3, -0.25) is 19.3 Å². The summed E-state index contributed by atoms with van der Waals surface area (Å²) in [4.78, 5) is 37.1. The number of imide groups is 1. The summed E-state index contributed by atoms with van der Waals surface area (Å²) in [7, 11) is 0. The van der Waals surface area contributed by atoms with Crippen LogP contribution in [0.4, 0.5) is 0 Å². The molecule has 0 saturated carbocycles. The van der Waals surface area contributed by atoms with Gasteiger partial charge in [-0.1, -0.05) is 32.9 Å². The van der Waals surface area contributed by atoms with Gasteiger partial charge < -0.3 is 5.32 Å². The van der Waals surface area contributed by atoms with E-state index in [1.54, 1.807) is 24.3 Å². The maximum atomic E-state index is 12.5. The first kappa shape index (κ1) is 18.2. The molecule has 1 fully saturated rings. The third-order valence-corrected chi connectivity index (χ3v) is 5.12. The largest absolute Gasteiger partial charge is 0.347 e. The van der Waals surface area contributed by atoms with Crippen LogP contribution in [0.5, 0.6) is 0 Å². The first-order chi connectivity index (χ1) is 11.4. The standard InChI is InChI=1S/C19H26N2O3/c1-4-19(5-2,6-3)20-18(24)15-9-7-14(8-10-15)13-21-16(22)11-12-17(21)23/h7-10H,4-6,11-13H2,1-3H3,(H,20,24). The molecule has 1 heterocycles. The van der Waals surface area contributed by atoms with E-state index < -0.39 is 0 Å². The van der Waals surface area contributed by atoms with Crippen molar-refractivity contribution in [1.29, 1.82) is 0 Å². The Balaban J connectivity index is 2.05. The molecule has 1 aliphatic heterocycles. The number of amides is 3. The number of carbonyl (C=O) groups excluding carboxylic acids is 3. The van der Waals surface area contributed by atoms with Gasteiger partial charge >= 0.3 is 0 Å². The molecule has 1 aromatic carbocycles. The van der Waals surface area contributed by atoms with E-state index in [2.05, 4.69) is 26.1 Å². The van der Waals surface area contributed by atoms with E-state index in [1.807, 2.05) is 0 Å². The predicted octanol–water partition coefficient (Wildman–Crippen LogP) is 3.03. The van der Waals surface area contributed by atoms with Crippen molar-refractivity contribution in [2.75, 3.05) is 0 Å². The zero-order valence-corrected chi connectivity index (χ0v) is 14.7. The minimum absolute atomic E-state index is 0.0829. The summed E-state index contributed by atoms with van der Waals surface area (Å²) in [6.07, 6.45) is 3.27. The number of benzene rings is 1. The van der Waals surface area contributed by atoms with Crippen LogP contribution < -0.4 is 5.32 Å². The van der Waals surface area contributed by atoms with Gasteiger partial charge in [0.05, 0.1) is 6.54 Å². The molecule has 0 spiro atoms. The van der Waals surface area contributed by atoms with Crippen LogP contribution in [0.2, 0.25) is 0 Å². The van der Waals surface area contributed by atoms with Crippen molar-refractivity contribution in [3.63, 3.8) is 0 Å². The first-order valence-electron chi connectivity index (χ1n) is 8.69. The van der Waals surface area contributed by atoms with Gasteiger partial charge in [-0.15, -0.1) is 0 Å². The van der Waals surface area contributed by atoms with E-state index in [-0.39, 0.29) is 29.8 Å². The Morgan fingerprint density at radius 1 is 1.00 bits per heavy atom. The third-order valence-electron chi connectivity index (χ3n) is 5.12. The van der Waals surface area contributed by atoms with E-state index in [4.69, 9.17) is 0 Å². The highest BCUT2D eigenvalue weighted by atomic mass is 16.2. The summed E-state index contributed by atoms with van der Waals surface area (Å²) < 4.78 is 0. The molecule has 0 aliphatic carbocycles. The van der Waals surface area contributed by atoms with Crippen LogP contribution in [0.25, 0.3) is 0 Å². The molecule has 3 amide bonds. The van der Waals surface area contributed by atoms with Crippen molar-refractivity contribution >= 4 is 17.7 Å². The van der Waals surface area contributed by atoms with Crippen LogP contribution in [0.3, 0.4) is 0 Å².